The van der Waals surface area contributed by atoms with Crippen LogP contribution in [0.25, 0.3) is 17.3 Å². The van der Waals surface area contributed by atoms with Gasteiger partial charge in [0.15, 0.2) is 5.13 Å². The Labute approximate surface area is 179 Å². The molecule has 0 aliphatic heterocycles. The van der Waals surface area contributed by atoms with E-state index in [4.69, 9.17) is 27.9 Å². The van der Waals surface area contributed by atoms with Crippen molar-refractivity contribution in [2.45, 2.75) is 0 Å². The van der Waals surface area contributed by atoms with E-state index in [1.165, 1.54) is 42.7 Å². The SMILES string of the molecule is COc1c(Cl)cc(Cl)cc1C=CC(=O)Nc1nc(-c2cccc([N+](=O)[O-])c2)cs1. The zero-order valence-corrected chi connectivity index (χ0v) is 17.2. The van der Waals surface area contributed by atoms with Crippen LogP contribution in [-0.2, 0) is 4.79 Å². The number of amides is 1. The average Bonchev–Trinajstić information content (AvgIpc) is 3.14. The molecule has 1 heterocycles. The van der Waals surface area contributed by atoms with Crippen LogP contribution in [0.2, 0.25) is 10.0 Å². The first-order valence-corrected chi connectivity index (χ1v) is 9.73. The molecule has 0 bridgehead atoms. The van der Waals surface area contributed by atoms with Gasteiger partial charge in [0.2, 0.25) is 5.91 Å². The molecule has 1 amide bonds. The van der Waals surface area contributed by atoms with Crippen LogP contribution < -0.4 is 10.1 Å². The first kappa shape index (κ1) is 20.8. The molecule has 7 nitrogen and oxygen atoms in total. The van der Waals surface area contributed by atoms with Gasteiger partial charge < -0.3 is 4.74 Å². The van der Waals surface area contributed by atoms with Crippen LogP contribution in [0.4, 0.5) is 10.8 Å². The summed E-state index contributed by atoms with van der Waals surface area (Å²) < 4.78 is 5.23. The summed E-state index contributed by atoms with van der Waals surface area (Å²) in [5, 5.41) is 16.4. The van der Waals surface area contributed by atoms with Crippen molar-refractivity contribution < 1.29 is 14.5 Å². The summed E-state index contributed by atoms with van der Waals surface area (Å²) in [5.41, 5.74) is 1.64. The predicted molar refractivity (Wildman–Crippen MR) is 115 cm³/mol. The van der Waals surface area contributed by atoms with Crippen LogP contribution in [-0.4, -0.2) is 22.9 Å². The number of nitro groups is 1. The minimum atomic E-state index is -0.473. The van der Waals surface area contributed by atoms with Crippen LogP contribution in [0, 0.1) is 10.1 Å². The third-order valence-corrected chi connectivity index (χ3v) is 5.00. The summed E-state index contributed by atoms with van der Waals surface area (Å²) in [7, 11) is 1.47. The molecule has 0 saturated heterocycles. The highest BCUT2D eigenvalue weighted by Crippen LogP contribution is 2.33. The standard InChI is InChI=1S/C19H13Cl2N3O4S/c1-28-18-12(7-13(20)9-15(18)21)5-6-17(25)23-19-22-16(10-29-19)11-3-2-4-14(8-11)24(26)27/h2-10H,1H3,(H,22,23,25). The Morgan fingerprint density at radius 3 is 2.83 bits per heavy atom. The molecule has 29 heavy (non-hydrogen) atoms. The Kier molecular flexibility index (Phi) is 6.48. The molecular formula is C19H13Cl2N3O4S. The number of nitrogens with zero attached hydrogens (tertiary/aromatic N) is 2. The van der Waals surface area contributed by atoms with E-state index in [1.54, 1.807) is 29.6 Å². The second-order valence-electron chi connectivity index (χ2n) is 5.68. The Morgan fingerprint density at radius 1 is 1.31 bits per heavy atom. The molecule has 148 valence electrons. The number of methoxy groups -OCH3 is 1. The molecule has 0 aliphatic carbocycles. The molecular weight excluding hydrogens is 437 g/mol. The van der Waals surface area contributed by atoms with Gasteiger partial charge in [-0.25, -0.2) is 4.98 Å². The Morgan fingerprint density at radius 2 is 2.10 bits per heavy atom. The maximum absolute atomic E-state index is 12.2. The topological polar surface area (TPSA) is 94.4 Å². The van der Waals surface area contributed by atoms with Crippen molar-refractivity contribution in [2.75, 3.05) is 12.4 Å². The van der Waals surface area contributed by atoms with Gasteiger partial charge in [0, 0.05) is 39.7 Å². The number of rotatable bonds is 6. The van der Waals surface area contributed by atoms with Crippen LogP contribution in [0.1, 0.15) is 5.56 Å². The number of nitrogens with one attached hydrogen (secondary N) is 1. The number of nitro benzene ring substituents is 1. The lowest BCUT2D eigenvalue weighted by Crippen LogP contribution is -2.07. The van der Waals surface area contributed by atoms with Gasteiger partial charge in [-0.3, -0.25) is 20.2 Å². The van der Waals surface area contributed by atoms with Crippen LogP contribution in [0.3, 0.4) is 0 Å². The molecule has 3 rings (SSSR count). The van der Waals surface area contributed by atoms with E-state index in [9.17, 15) is 14.9 Å². The maximum atomic E-state index is 12.2. The number of thiazole rings is 1. The average molecular weight is 450 g/mol. The van der Waals surface area contributed by atoms with E-state index in [0.29, 0.717) is 37.7 Å². The van der Waals surface area contributed by atoms with E-state index in [0.717, 1.165) is 0 Å². The molecule has 0 radical (unpaired) electrons. The number of halogens is 2. The number of hydrogen-bond acceptors (Lipinski definition) is 6. The first-order valence-electron chi connectivity index (χ1n) is 8.10. The fourth-order valence-corrected chi connectivity index (χ4v) is 3.78. The van der Waals surface area contributed by atoms with E-state index in [2.05, 4.69) is 10.3 Å². The minimum absolute atomic E-state index is 0.0295. The summed E-state index contributed by atoms with van der Waals surface area (Å²) in [5.74, 6) is -0.00887. The van der Waals surface area contributed by atoms with Gasteiger partial charge in [0.1, 0.15) is 5.75 Å². The van der Waals surface area contributed by atoms with Crippen LogP contribution >= 0.6 is 34.5 Å². The highest BCUT2D eigenvalue weighted by atomic mass is 35.5. The Balaban J connectivity index is 1.74. The van der Waals surface area contributed by atoms with E-state index in [1.807, 2.05) is 0 Å². The summed E-state index contributed by atoms with van der Waals surface area (Å²) in [6.07, 6.45) is 2.83. The summed E-state index contributed by atoms with van der Waals surface area (Å²) in [6.45, 7) is 0. The quantitative estimate of drug-likeness (QED) is 0.296. The summed E-state index contributed by atoms with van der Waals surface area (Å²) in [4.78, 5) is 27.0. The molecule has 0 unspecified atom stereocenters. The Bertz CT molecular complexity index is 1110. The van der Waals surface area contributed by atoms with Crippen molar-refractivity contribution in [1.82, 2.24) is 4.98 Å². The van der Waals surface area contributed by atoms with Gasteiger partial charge in [0.25, 0.3) is 5.69 Å². The molecule has 3 aromatic rings. The van der Waals surface area contributed by atoms with Crippen molar-refractivity contribution in [3.8, 4) is 17.0 Å². The van der Waals surface area contributed by atoms with Gasteiger partial charge in [-0.1, -0.05) is 35.3 Å². The number of non-ortho nitro benzene ring substituents is 1. The normalized spacial score (nSPS) is 10.9. The van der Waals surface area contributed by atoms with Gasteiger partial charge in [-0.15, -0.1) is 11.3 Å². The smallest absolute Gasteiger partial charge is 0.270 e. The van der Waals surface area contributed by atoms with Gasteiger partial charge in [-0.2, -0.15) is 0 Å². The highest BCUT2D eigenvalue weighted by molar-refractivity contribution is 7.14. The lowest BCUT2D eigenvalue weighted by molar-refractivity contribution is -0.384. The number of aromatic nitrogens is 1. The number of carbonyl (C=O) groups excluding carboxylic acids is 1. The number of hydrogen-bond donors (Lipinski definition) is 1. The monoisotopic (exact) mass is 449 g/mol. The lowest BCUT2D eigenvalue weighted by atomic mass is 10.1. The molecule has 0 aliphatic rings. The second-order valence-corrected chi connectivity index (χ2v) is 7.38. The first-order chi connectivity index (χ1) is 13.9. The largest absolute Gasteiger partial charge is 0.495 e. The molecule has 0 fully saturated rings. The molecule has 1 aromatic heterocycles. The van der Waals surface area contributed by atoms with Crippen molar-refractivity contribution in [1.29, 1.82) is 0 Å². The van der Waals surface area contributed by atoms with Crippen molar-refractivity contribution in [3.63, 3.8) is 0 Å². The fourth-order valence-electron chi connectivity index (χ4n) is 2.47. The third kappa shape index (κ3) is 5.11. The van der Waals surface area contributed by atoms with E-state index >= 15 is 0 Å². The van der Waals surface area contributed by atoms with Crippen molar-refractivity contribution in [3.05, 3.63) is 73.6 Å². The zero-order chi connectivity index (χ0) is 21.0. The third-order valence-electron chi connectivity index (χ3n) is 3.74. The number of benzene rings is 2. The minimum Gasteiger partial charge on any atom is -0.495 e. The summed E-state index contributed by atoms with van der Waals surface area (Å²) in [6, 6.07) is 9.29. The molecule has 10 heteroatoms. The molecule has 0 atom stereocenters. The van der Waals surface area contributed by atoms with E-state index < -0.39 is 10.8 Å². The maximum Gasteiger partial charge on any atom is 0.270 e. The lowest BCUT2D eigenvalue weighted by Gasteiger charge is -2.07. The van der Waals surface area contributed by atoms with Crippen molar-refractivity contribution in [2.24, 2.45) is 0 Å². The predicted octanol–water partition coefficient (Wildman–Crippen LogP) is 5.69. The van der Waals surface area contributed by atoms with Gasteiger partial charge in [0.05, 0.1) is 22.7 Å². The number of anilines is 1. The van der Waals surface area contributed by atoms with Gasteiger partial charge >= 0.3 is 0 Å². The molecule has 1 N–H and O–H groups in total. The fraction of sp³-hybridized carbons (Fsp3) is 0.0526. The molecule has 0 saturated carbocycles. The van der Waals surface area contributed by atoms with Crippen LogP contribution in [0.5, 0.6) is 5.75 Å². The second kappa shape index (κ2) is 9.04. The molecule has 2 aromatic carbocycles. The number of carbonyl (C=O) groups is 1. The van der Waals surface area contributed by atoms with Crippen LogP contribution in [0.15, 0.2) is 47.9 Å². The molecule has 0 spiro atoms. The highest BCUT2D eigenvalue weighted by Gasteiger charge is 2.11. The van der Waals surface area contributed by atoms with Crippen molar-refractivity contribution >= 4 is 57.3 Å². The Hall–Kier alpha value is -2.94. The number of ether oxygens (including phenoxy) is 1. The summed E-state index contributed by atoms with van der Waals surface area (Å²) >= 11 is 13.3. The van der Waals surface area contributed by atoms with Gasteiger partial charge in [-0.05, 0) is 18.2 Å². The van der Waals surface area contributed by atoms with E-state index in [-0.39, 0.29) is 5.69 Å². The zero-order valence-electron chi connectivity index (χ0n) is 14.9.